The Bertz CT molecular complexity index is 505. The summed E-state index contributed by atoms with van der Waals surface area (Å²) in [4.78, 5) is 0. The molecule has 1 N–H and O–H groups in total. The Morgan fingerprint density at radius 1 is 1.35 bits per heavy atom. The smallest absolute Gasteiger partial charge is 0.0597 e. The normalized spacial score (nSPS) is 10.5. The largest absolute Gasteiger partial charge is 0.379 e. The summed E-state index contributed by atoms with van der Waals surface area (Å²) in [6, 6.07) is 10.2. The lowest BCUT2D eigenvalue weighted by Gasteiger charge is -2.07. The molecule has 0 aliphatic heterocycles. The monoisotopic (exact) mass is 249 g/mol. The van der Waals surface area contributed by atoms with Crippen molar-refractivity contribution in [3.05, 3.63) is 47.3 Å². The van der Waals surface area contributed by atoms with Crippen molar-refractivity contribution < 1.29 is 0 Å². The van der Waals surface area contributed by atoms with Crippen LogP contribution in [0.15, 0.2) is 30.3 Å². The molecule has 0 saturated heterocycles. The highest BCUT2D eigenvalue weighted by molar-refractivity contribution is 6.17. The maximum absolute atomic E-state index is 5.80. The molecular formula is C13H16ClN3. The number of rotatable bonds is 4. The summed E-state index contributed by atoms with van der Waals surface area (Å²) >= 11 is 5.80. The van der Waals surface area contributed by atoms with E-state index in [2.05, 4.69) is 22.5 Å². The number of anilines is 1. The molecule has 90 valence electrons. The number of benzene rings is 1. The lowest BCUT2D eigenvalue weighted by Crippen LogP contribution is -2.05. The first-order valence-electron chi connectivity index (χ1n) is 5.57. The van der Waals surface area contributed by atoms with E-state index >= 15 is 0 Å². The first kappa shape index (κ1) is 12.0. The summed E-state index contributed by atoms with van der Waals surface area (Å²) in [5.74, 6) is 0.542. The van der Waals surface area contributed by atoms with Crippen LogP contribution in [-0.2, 0) is 19.5 Å². The van der Waals surface area contributed by atoms with Gasteiger partial charge in [0.2, 0.25) is 0 Å². The second kappa shape index (κ2) is 5.23. The van der Waals surface area contributed by atoms with Gasteiger partial charge in [-0.1, -0.05) is 12.1 Å². The average molecular weight is 250 g/mol. The average Bonchev–Trinajstić information content (AvgIpc) is 2.65. The van der Waals surface area contributed by atoms with Crippen molar-refractivity contribution >= 4 is 17.3 Å². The number of halogens is 1. The van der Waals surface area contributed by atoms with Crippen LogP contribution in [0.25, 0.3) is 0 Å². The molecule has 17 heavy (non-hydrogen) atoms. The molecule has 0 bridgehead atoms. The van der Waals surface area contributed by atoms with E-state index in [1.54, 1.807) is 0 Å². The predicted molar refractivity (Wildman–Crippen MR) is 71.3 cm³/mol. The third-order valence-electron chi connectivity index (χ3n) is 2.65. The lowest BCUT2D eigenvalue weighted by molar-refractivity contribution is 0.713. The van der Waals surface area contributed by atoms with Crippen molar-refractivity contribution in [1.82, 2.24) is 9.78 Å². The molecule has 0 radical (unpaired) electrons. The number of hydrogen-bond acceptors (Lipinski definition) is 2. The fourth-order valence-corrected chi connectivity index (χ4v) is 1.95. The van der Waals surface area contributed by atoms with Crippen LogP contribution in [0.5, 0.6) is 0 Å². The number of aromatic nitrogens is 2. The summed E-state index contributed by atoms with van der Waals surface area (Å²) in [6.45, 7) is 2.76. The van der Waals surface area contributed by atoms with Crippen LogP contribution in [0, 0.1) is 6.92 Å². The minimum Gasteiger partial charge on any atom is -0.379 e. The number of aryl methyl sites for hydroxylation is 2. The lowest BCUT2D eigenvalue weighted by atomic mass is 10.2. The second-order valence-corrected chi connectivity index (χ2v) is 4.36. The first-order chi connectivity index (χ1) is 8.19. The second-order valence-electron chi connectivity index (χ2n) is 4.09. The zero-order valence-corrected chi connectivity index (χ0v) is 10.8. The minimum atomic E-state index is 0.542. The molecule has 0 unspecified atom stereocenters. The van der Waals surface area contributed by atoms with Crippen molar-refractivity contribution in [3.8, 4) is 0 Å². The molecule has 0 aliphatic rings. The van der Waals surface area contributed by atoms with Gasteiger partial charge in [-0.05, 0) is 30.7 Å². The SMILES string of the molecule is Cc1cc(CNc2cccc(CCl)c2)n(C)n1. The molecule has 1 aromatic heterocycles. The highest BCUT2D eigenvalue weighted by Crippen LogP contribution is 2.13. The third kappa shape index (κ3) is 3.01. The van der Waals surface area contributed by atoms with Gasteiger partial charge in [-0.2, -0.15) is 5.10 Å². The Kier molecular flexibility index (Phi) is 3.69. The van der Waals surface area contributed by atoms with E-state index in [9.17, 15) is 0 Å². The maximum Gasteiger partial charge on any atom is 0.0597 e. The molecule has 0 amide bonds. The molecule has 0 saturated carbocycles. The molecule has 0 spiro atoms. The van der Waals surface area contributed by atoms with Gasteiger partial charge in [0.15, 0.2) is 0 Å². The molecule has 1 heterocycles. The number of alkyl halides is 1. The first-order valence-corrected chi connectivity index (χ1v) is 6.11. The van der Waals surface area contributed by atoms with Gasteiger partial charge >= 0.3 is 0 Å². The van der Waals surface area contributed by atoms with Crippen molar-refractivity contribution in [2.45, 2.75) is 19.3 Å². The van der Waals surface area contributed by atoms with Crippen LogP contribution in [0.3, 0.4) is 0 Å². The van der Waals surface area contributed by atoms with Crippen molar-refractivity contribution in [2.75, 3.05) is 5.32 Å². The fraction of sp³-hybridized carbons (Fsp3) is 0.308. The Morgan fingerprint density at radius 3 is 2.82 bits per heavy atom. The zero-order chi connectivity index (χ0) is 12.3. The Labute approximate surface area is 106 Å². The van der Waals surface area contributed by atoms with Crippen LogP contribution in [0.1, 0.15) is 17.0 Å². The van der Waals surface area contributed by atoms with Gasteiger partial charge in [-0.15, -0.1) is 11.6 Å². The van der Waals surface area contributed by atoms with Crippen LogP contribution >= 0.6 is 11.6 Å². The van der Waals surface area contributed by atoms with Gasteiger partial charge in [-0.3, -0.25) is 4.68 Å². The van der Waals surface area contributed by atoms with E-state index in [0.29, 0.717) is 5.88 Å². The van der Waals surface area contributed by atoms with E-state index in [0.717, 1.165) is 23.5 Å². The van der Waals surface area contributed by atoms with E-state index in [4.69, 9.17) is 11.6 Å². The highest BCUT2D eigenvalue weighted by atomic mass is 35.5. The third-order valence-corrected chi connectivity index (χ3v) is 2.96. The molecule has 2 aromatic rings. The van der Waals surface area contributed by atoms with Gasteiger partial charge < -0.3 is 5.32 Å². The van der Waals surface area contributed by atoms with E-state index in [1.807, 2.05) is 36.9 Å². The van der Waals surface area contributed by atoms with Crippen LogP contribution in [0.2, 0.25) is 0 Å². The Hall–Kier alpha value is -1.48. The Balaban J connectivity index is 2.04. The van der Waals surface area contributed by atoms with Crippen molar-refractivity contribution in [3.63, 3.8) is 0 Å². The van der Waals surface area contributed by atoms with Gasteiger partial charge in [0.25, 0.3) is 0 Å². The molecule has 0 aliphatic carbocycles. The maximum atomic E-state index is 5.80. The molecular weight excluding hydrogens is 234 g/mol. The minimum absolute atomic E-state index is 0.542. The molecule has 3 nitrogen and oxygen atoms in total. The van der Waals surface area contributed by atoms with E-state index in [-0.39, 0.29) is 0 Å². The van der Waals surface area contributed by atoms with E-state index < -0.39 is 0 Å². The quantitative estimate of drug-likeness (QED) is 0.844. The van der Waals surface area contributed by atoms with Crippen LogP contribution in [-0.4, -0.2) is 9.78 Å². The van der Waals surface area contributed by atoms with Gasteiger partial charge in [-0.25, -0.2) is 0 Å². The van der Waals surface area contributed by atoms with Gasteiger partial charge in [0, 0.05) is 18.6 Å². The standard InChI is InChI=1S/C13H16ClN3/c1-10-6-13(17(2)16-10)9-15-12-5-3-4-11(7-12)8-14/h3-7,15H,8-9H2,1-2H3. The summed E-state index contributed by atoms with van der Waals surface area (Å²) < 4.78 is 1.90. The summed E-state index contributed by atoms with van der Waals surface area (Å²) in [7, 11) is 1.96. The number of hydrogen-bond donors (Lipinski definition) is 1. The van der Waals surface area contributed by atoms with Crippen LogP contribution < -0.4 is 5.32 Å². The van der Waals surface area contributed by atoms with Gasteiger partial charge in [0.1, 0.15) is 0 Å². The zero-order valence-electron chi connectivity index (χ0n) is 10.1. The summed E-state index contributed by atoms with van der Waals surface area (Å²) in [6.07, 6.45) is 0. The van der Waals surface area contributed by atoms with Gasteiger partial charge in [0.05, 0.1) is 17.9 Å². The predicted octanol–water partition coefficient (Wildman–Crippen LogP) is 3.08. The topological polar surface area (TPSA) is 29.9 Å². The molecule has 0 atom stereocenters. The fourth-order valence-electron chi connectivity index (χ4n) is 1.79. The number of nitrogens with zero attached hydrogens (tertiary/aromatic N) is 2. The molecule has 4 heteroatoms. The van der Waals surface area contributed by atoms with E-state index in [1.165, 1.54) is 5.69 Å². The molecule has 1 aromatic carbocycles. The van der Waals surface area contributed by atoms with Crippen LogP contribution in [0.4, 0.5) is 5.69 Å². The summed E-state index contributed by atoms with van der Waals surface area (Å²) in [5, 5.41) is 7.68. The summed E-state index contributed by atoms with van der Waals surface area (Å²) in [5.41, 5.74) is 4.41. The van der Waals surface area contributed by atoms with Crippen molar-refractivity contribution in [2.24, 2.45) is 7.05 Å². The molecule has 0 fully saturated rings. The molecule has 2 rings (SSSR count). The Morgan fingerprint density at radius 2 is 2.18 bits per heavy atom. The van der Waals surface area contributed by atoms with Crippen molar-refractivity contribution in [1.29, 1.82) is 0 Å². The highest BCUT2D eigenvalue weighted by Gasteiger charge is 2.01. The number of nitrogens with one attached hydrogen (secondary N) is 1.